The van der Waals surface area contributed by atoms with Crippen molar-refractivity contribution in [1.29, 1.82) is 0 Å². The van der Waals surface area contributed by atoms with E-state index in [2.05, 4.69) is 15.4 Å². The first kappa shape index (κ1) is 23.0. The minimum Gasteiger partial charge on any atom is -0.481 e. The summed E-state index contributed by atoms with van der Waals surface area (Å²) < 4.78 is 0. The second-order valence-electron chi connectivity index (χ2n) is 10.1. The molecule has 2 aliphatic rings. The van der Waals surface area contributed by atoms with E-state index in [0.29, 0.717) is 29.7 Å². The maximum atomic E-state index is 13.1. The van der Waals surface area contributed by atoms with Crippen molar-refractivity contribution in [3.63, 3.8) is 0 Å². The maximum absolute atomic E-state index is 13.1. The molecule has 0 amide bonds. The summed E-state index contributed by atoms with van der Waals surface area (Å²) in [6.45, 7) is 6.90. The van der Waals surface area contributed by atoms with E-state index in [9.17, 15) is 24.6 Å². The van der Waals surface area contributed by atoms with Gasteiger partial charge < -0.3 is 10.2 Å². The van der Waals surface area contributed by atoms with Crippen molar-refractivity contribution >= 4 is 17.9 Å². The topological polar surface area (TPSA) is 136 Å². The minimum absolute atomic E-state index is 0.0667. The number of aromatic nitrogens is 2. The number of hydrogen-bond donors (Lipinski definition) is 4. The standard InChI is InChI=1S/C24H30N4O5/c1-14-24(20(32)33,22(2,3)4)23(19(30)31,13-15-9-6-5-7-10-15)27-28(14)21-25-17-12-8-11-16(17)18(29)26-21/h5-7,9-10,14,27H,8,11-13H2,1-4H3,(H,30,31)(H,32,33)(H,25,26,29). The molecule has 2 heterocycles. The van der Waals surface area contributed by atoms with Crippen molar-refractivity contribution in [1.82, 2.24) is 15.4 Å². The van der Waals surface area contributed by atoms with Gasteiger partial charge in [0.1, 0.15) is 5.41 Å². The SMILES string of the molecule is CC1N(c2nc3c(c(=O)[nH]2)CCC3)NC(Cc2ccccc2)(C(=O)O)C1(C(=O)O)C(C)(C)C. The lowest BCUT2D eigenvalue weighted by molar-refractivity contribution is -0.174. The van der Waals surface area contributed by atoms with Crippen LogP contribution >= 0.6 is 0 Å². The van der Waals surface area contributed by atoms with Gasteiger partial charge in [0, 0.05) is 12.0 Å². The van der Waals surface area contributed by atoms with E-state index < -0.39 is 34.3 Å². The van der Waals surface area contributed by atoms with Crippen LogP contribution in [0.15, 0.2) is 35.1 Å². The van der Waals surface area contributed by atoms with E-state index in [0.717, 1.165) is 6.42 Å². The van der Waals surface area contributed by atoms with Gasteiger partial charge >= 0.3 is 11.9 Å². The molecule has 33 heavy (non-hydrogen) atoms. The summed E-state index contributed by atoms with van der Waals surface area (Å²) in [5, 5.41) is 22.7. The third-order valence-corrected chi connectivity index (χ3v) is 7.35. The van der Waals surface area contributed by atoms with Crippen molar-refractivity contribution in [2.24, 2.45) is 10.8 Å². The molecule has 4 N–H and O–H groups in total. The zero-order valence-corrected chi connectivity index (χ0v) is 19.3. The van der Waals surface area contributed by atoms with Gasteiger partial charge in [-0.25, -0.2) is 10.4 Å². The lowest BCUT2D eigenvalue weighted by Crippen LogP contribution is -2.68. The van der Waals surface area contributed by atoms with Gasteiger partial charge in [-0.1, -0.05) is 51.1 Å². The number of carboxylic acids is 2. The number of hydrogen-bond acceptors (Lipinski definition) is 6. The number of anilines is 1. The number of carbonyl (C=O) groups is 2. The van der Waals surface area contributed by atoms with E-state index in [4.69, 9.17) is 0 Å². The number of aromatic amines is 1. The number of hydrazine groups is 1. The van der Waals surface area contributed by atoms with Gasteiger partial charge in [-0.15, -0.1) is 0 Å². The Labute approximate surface area is 191 Å². The molecule has 4 rings (SSSR count). The fourth-order valence-corrected chi connectivity index (χ4v) is 6.04. The predicted molar refractivity (Wildman–Crippen MR) is 122 cm³/mol. The molecule has 0 saturated carbocycles. The molecule has 0 bridgehead atoms. The van der Waals surface area contributed by atoms with Crippen LogP contribution in [0.2, 0.25) is 0 Å². The molecule has 1 fully saturated rings. The van der Waals surface area contributed by atoms with Gasteiger partial charge in [-0.3, -0.25) is 24.4 Å². The molecule has 1 aromatic carbocycles. The summed E-state index contributed by atoms with van der Waals surface area (Å²) in [4.78, 5) is 46.2. The number of benzene rings is 1. The smallest absolute Gasteiger partial charge is 0.327 e. The van der Waals surface area contributed by atoms with E-state index in [1.165, 1.54) is 5.01 Å². The highest BCUT2D eigenvalue weighted by Crippen LogP contribution is 2.56. The molecule has 3 atom stereocenters. The Hall–Kier alpha value is -3.20. The number of aliphatic carboxylic acids is 2. The molecule has 1 saturated heterocycles. The number of H-pyrrole nitrogens is 1. The third kappa shape index (κ3) is 3.17. The summed E-state index contributed by atoms with van der Waals surface area (Å²) in [5.74, 6) is -2.36. The molecule has 176 valence electrons. The molecular formula is C24H30N4O5. The lowest BCUT2D eigenvalue weighted by Gasteiger charge is -2.48. The summed E-state index contributed by atoms with van der Waals surface area (Å²) in [5.41, 5.74) is 0.100. The first-order valence-electron chi connectivity index (χ1n) is 11.2. The molecule has 2 aromatic rings. The second kappa shape index (κ2) is 7.69. The van der Waals surface area contributed by atoms with Gasteiger partial charge in [0.2, 0.25) is 5.95 Å². The maximum Gasteiger partial charge on any atom is 0.327 e. The predicted octanol–water partition coefficient (Wildman–Crippen LogP) is 2.15. The Balaban J connectivity index is 1.96. The first-order chi connectivity index (χ1) is 15.5. The largest absolute Gasteiger partial charge is 0.481 e. The van der Waals surface area contributed by atoms with Crippen LogP contribution in [-0.2, 0) is 28.9 Å². The Morgan fingerprint density at radius 1 is 1.15 bits per heavy atom. The Bertz CT molecular complexity index is 1160. The van der Waals surface area contributed by atoms with Crippen LogP contribution in [0.5, 0.6) is 0 Å². The van der Waals surface area contributed by atoms with Crippen LogP contribution in [0, 0.1) is 10.8 Å². The quantitative estimate of drug-likeness (QED) is 0.540. The number of nitrogens with zero attached hydrogens (tertiary/aromatic N) is 2. The number of carboxylic acid groups (broad SMARTS) is 2. The van der Waals surface area contributed by atoms with Crippen LogP contribution in [0.1, 0.15) is 50.9 Å². The number of fused-ring (bicyclic) bond motifs is 1. The zero-order valence-electron chi connectivity index (χ0n) is 19.3. The average Bonchev–Trinajstić information content (AvgIpc) is 3.30. The van der Waals surface area contributed by atoms with Crippen LogP contribution in [0.25, 0.3) is 0 Å². The summed E-state index contributed by atoms with van der Waals surface area (Å²) >= 11 is 0. The van der Waals surface area contributed by atoms with Gasteiger partial charge in [-0.05, 0) is 37.2 Å². The molecule has 1 aromatic heterocycles. The summed E-state index contributed by atoms with van der Waals surface area (Å²) in [7, 11) is 0. The molecular weight excluding hydrogens is 424 g/mol. The van der Waals surface area contributed by atoms with E-state index in [1.54, 1.807) is 52.0 Å². The Morgan fingerprint density at radius 3 is 2.39 bits per heavy atom. The van der Waals surface area contributed by atoms with Crippen LogP contribution in [-0.4, -0.2) is 43.7 Å². The molecule has 1 aliphatic carbocycles. The van der Waals surface area contributed by atoms with Gasteiger partial charge in [0.15, 0.2) is 5.54 Å². The van der Waals surface area contributed by atoms with E-state index in [-0.39, 0.29) is 17.9 Å². The second-order valence-corrected chi connectivity index (χ2v) is 10.1. The van der Waals surface area contributed by atoms with E-state index >= 15 is 0 Å². The molecule has 0 spiro atoms. The molecule has 3 unspecified atom stereocenters. The van der Waals surface area contributed by atoms with Crippen molar-refractivity contribution in [3.8, 4) is 0 Å². The van der Waals surface area contributed by atoms with Crippen molar-refractivity contribution in [3.05, 3.63) is 57.5 Å². The fourth-order valence-electron chi connectivity index (χ4n) is 6.04. The van der Waals surface area contributed by atoms with Gasteiger partial charge in [-0.2, -0.15) is 0 Å². The number of rotatable bonds is 5. The van der Waals surface area contributed by atoms with Crippen molar-refractivity contribution < 1.29 is 19.8 Å². The van der Waals surface area contributed by atoms with Gasteiger partial charge in [0.25, 0.3) is 5.56 Å². The minimum atomic E-state index is -1.91. The van der Waals surface area contributed by atoms with Crippen molar-refractivity contribution in [2.45, 2.75) is 65.0 Å². The fraction of sp³-hybridized carbons (Fsp3) is 0.500. The van der Waals surface area contributed by atoms with Crippen LogP contribution < -0.4 is 16.0 Å². The van der Waals surface area contributed by atoms with Gasteiger partial charge in [0.05, 0.1) is 11.7 Å². The highest BCUT2D eigenvalue weighted by Gasteiger charge is 2.75. The van der Waals surface area contributed by atoms with E-state index in [1.807, 2.05) is 6.07 Å². The highest BCUT2D eigenvalue weighted by atomic mass is 16.4. The summed E-state index contributed by atoms with van der Waals surface area (Å²) in [6.07, 6.45) is 2.07. The van der Waals surface area contributed by atoms with Crippen molar-refractivity contribution in [2.75, 3.05) is 5.01 Å². The Morgan fingerprint density at radius 2 is 1.82 bits per heavy atom. The summed E-state index contributed by atoms with van der Waals surface area (Å²) in [6, 6.07) is 8.12. The third-order valence-electron chi connectivity index (χ3n) is 7.35. The molecule has 1 aliphatic heterocycles. The number of nitrogens with one attached hydrogen (secondary N) is 2. The monoisotopic (exact) mass is 454 g/mol. The Kier molecular flexibility index (Phi) is 5.35. The molecule has 9 heteroatoms. The average molecular weight is 455 g/mol. The normalized spacial score (nSPS) is 26.9. The van der Waals surface area contributed by atoms with Crippen LogP contribution in [0.3, 0.4) is 0 Å². The lowest BCUT2D eigenvalue weighted by atomic mass is 9.52. The molecule has 9 nitrogen and oxygen atoms in total. The first-order valence-corrected chi connectivity index (χ1v) is 11.2. The zero-order chi connectivity index (χ0) is 24.2. The highest BCUT2D eigenvalue weighted by molar-refractivity contribution is 5.93. The van der Waals surface area contributed by atoms with Crippen LogP contribution in [0.4, 0.5) is 5.95 Å². The molecule has 0 radical (unpaired) electrons. The number of aryl methyl sites for hydroxylation is 1.